The van der Waals surface area contributed by atoms with Crippen molar-refractivity contribution in [3.8, 4) is 0 Å². The lowest BCUT2D eigenvalue weighted by Gasteiger charge is -2.23. The van der Waals surface area contributed by atoms with E-state index in [1.54, 1.807) is 0 Å². The van der Waals surface area contributed by atoms with E-state index < -0.39 is 0 Å². The van der Waals surface area contributed by atoms with Crippen molar-refractivity contribution in [2.45, 2.75) is 64.8 Å². The zero-order chi connectivity index (χ0) is 16.3. The van der Waals surface area contributed by atoms with Crippen LogP contribution in [0.4, 0.5) is 0 Å². The number of hydrogen-bond acceptors (Lipinski definition) is 4. The van der Waals surface area contributed by atoms with Crippen molar-refractivity contribution in [2.75, 3.05) is 13.2 Å². The molecule has 0 N–H and O–H groups in total. The average Bonchev–Trinajstić information content (AvgIpc) is 2.60. The molecular formula is C19H28O4. The second-order valence-electron chi connectivity index (χ2n) is 5.95. The van der Waals surface area contributed by atoms with Gasteiger partial charge in [0.1, 0.15) is 0 Å². The van der Waals surface area contributed by atoms with Gasteiger partial charge < -0.3 is 14.2 Å². The highest BCUT2D eigenvalue weighted by atomic mass is 16.7. The molecule has 23 heavy (non-hydrogen) atoms. The van der Waals surface area contributed by atoms with Gasteiger partial charge in [-0.3, -0.25) is 4.79 Å². The van der Waals surface area contributed by atoms with Crippen LogP contribution in [0.25, 0.3) is 0 Å². The van der Waals surface area contributed by atoms with Crippen molar-refractivity contribution < 1.29 is 19.0 Å². The molecule has 0 aliphatic carbocycles. The summed E-state index contributed by atoms with van der Waals surface area (Å²) in [6.07, 6.45) is 6.24. The summed E-state index contributed by atoms with van der Waals surface area (Å²) >= 11 is 0. The monoisotopic (exact) mass is 320 g/mol. The van der Waals surface area contributed by atoms with Crippen molar-refractivity contribution in [1.29, 1.82) is 0 Å². The maximum atomic E-state index is 11.7. The SMILES string of the molecule is CCCCOC(=O)CCc1ccccc1COC1CCCCO1. The first kappa shape index (κ1) is 18.0. The fourth-order valence-corrected chi connectivity index (χ4v) is 2.61. The topological polar surface area (TPSA) is 44.8 Å². The third-order valence-electron chi connectivity index (χ3n) is 4.04. The van der Waals surface area contributed by atoms with Crippen LogP contribution in [0.5, 0.6) is 0 Å². The summed E-state index contributed by atoms with van der Waals surface area (Å²) in [5.41, 5.74) is 2.28. The zero-order valence-corrected chi connectivity index (χ0v) is 14.1. The summed E-state index contributed by atoms with van der Waals surface area (Å²) in [7, 11) is 0. The largest absolute Gasteiger partial charge is 0.466 e. The minimum atomic E-state index is -0.121. The van der Waals surface area contributed by atoms with E-state index in [0.29, 0.717) is 26.1 Å². The second-order valence-corrected chi connectivity index (χ2v) is 5.95. The lowest BCUT2D eigenvalue weighted by Crippen LogP contribution is -2.22. The van der Waals surface area contributed by atoms with Gasteiger partial charge in [-0.2, -0.15) is 0 Å². The Labute approximate surface area is 139 Å². The van der Waals surface area contributed by atoms with Crippen molar-refractivity contribution in [3.63, 3.8) is 0 Å². The molecular weight excluding hydrogens is 292 g/mol. The molecule has 0 saturated carbocycles. The molecule has 1 aromatic rings. The van der Waals surface area contributed by atoms with Gasteiger partial charge in [0.05, 0.1) is 13.2 Å². The van der Waals surface area contributed by atoms with E-state index >= 15 is 0 Å². The summed E-state index contributed by atoms with van der Waals surface area (Å²) in [5.74, 6) is -0.121. The molecule has 1 aromatic carbocycles. The van der Waals surface area contributed by atoms with Crippen molar-refractivity contribution in [2.24, 2.45) is 0 Å². The van der Waals surface area contributed by atoms with Gasteiger partial charge in [0.25, 0.3) is 0 Å². The summed E-state index contributed by atoms with van der Waals surface area (Å²) in [6.45, 7) is 3.93. The molecule has 4 heteroatoms. The number of rotatable bonds is 9. The Kier molecular flexibility index (Phi) is 8.12. The van der Waals surface area contributed by atoms with E-state index in [1.165, 1.54) is 0 Å². The summed E-state index contributed by atoms with van der Waals surface area (Å²) < 4.78 is 16.7. The number of benzene rings is 1. The van der Waals surface area contributed by atoms with Gasteiger partial charge in [0.15, 0.2) is 6.29 Å². The molecule has 0 bridgehead atoms. The molecule has 1 saturated heterocycles. The molecule has 2 rings (SSSR count). The van der Waals surface area contributed by atoms with E-state index in [4.69, 9.17) is 14.2 Å². The first-order chi connectivity index (χ1) is 11.3. The number of carbonyl (C=O) groups is 1. The summed E-state index contributed by atoms with van der Waals surface area (Å²) in [5, 5.41) is 0. The van der Waals surface area contributed by atoms with Crippen LogP contribution in [-0.2, 0) is 32.0 Å². The number of unbranched alkanes of at least 4 members (excludes halogenated alkanes) is 1. The van der Waals surface area contributed by atoms with Crippen LogP contribution in [0.15, 0.2) is 24.3 Å². The first-order valence-corrected chi connectivity index (χ1v) is 8.75. The zero-order valence-electron chi connectivity index (χ0n) is 14.1. The normalized spacial score (nSPS) is 17.9. The maximum absolute atomic E-state index is 11.7. The van der Waals surface area contributed by atoms with Gasteiger partial charge in [-0.15, -0.1) is 0 Å². The van der Waals surface area contributed by atoms with Gasteiger partial charge in [0, 0.05) is 13.0 Å². The molecule has 1 aliphatic heterocycles. The number of hydrogen-bond donors (Lipinski definition) is 0. The van der Waals surface area contributed by atoms with E-state index in [0.717, 1.165) is 49.8 Å². The number of esters is 1. The van der Waals surface area contributed by atoms with Gasteiger partial charge >= 0.3 is 5.97 Å². The van der Waals surface area contributed by atoms with Gasteiger partial charge in [-0.1, -0.05) is 37.6 Å². The quantitative estimate of drug-likeness (QED) is 0.509. The number of ether oxygens (including phenoxy) is 3. The minimum absolute atomic E-state index is 0.0872. The maximum Gasteiger partial charge on any atom is 0.306 e. The molecule has 0 radical (unpaired) electrons. The van der Waals surface area contributed by atoms with Crippen LogP contribution in [0.2, 0.25) is 0 Å². The fraction of sp³-hybridized carbons (Fsp3) is 0.632. The van der Waals surface area contributed by atoms with Crippen LogP contribution in [0, 0.1) is 0 Å². The highest BCUT2D eigenvalue weighted by Crippen LogP contribution is 2.18. The molecule has 0 aromatic heterocycles. The Balaban J connectivity index is 1.78. The fourth-order valence-electron chi connectivity index (χ4n) is 2.61. The number of carbonyl (C=O) groups excluding carboxylic acids is 1. The van der Waals surface area contributed by atoms with Crippen LogP contribution in [-0.4, -0.2) is 25.5 Å². The Morgan fingerprint density at radius 1 is 1.26 bits per heavy atom. The molecule has 1 fully saturated rings. The second kappa shape index (κ2) is 10.4. The third kappa shape index (κ3) is 6.71. The highest BCUT2D eigenvalue weighted by Gasteiger charge is 2.15. The predicted octanol–water partition coefficient (Wildman–Crippen LogP) is 4.01. The summed E-state index contributed by atoms with van der Waals surface area (Å²) in [6, 6.07) is 8.11. The van der Waals surface area contributed by atoms with Crippen LogP contribution in [0.1, 0.15) is 56.6 Å². The van der Waals surface area contributed by atoms with Crippen molar-refractivity contribution in [1.82, 2.24) is 0 Å². The van der Waals surface area contributed by atoms with Gasteiger partial charge in [-0.05, 0) is 43.2 Å². The van der Waals surface area contributed by atoms with Crippen LogP contribution in [0.3, 0.4) is 0 Å². The third-order valence-corrected chi connectivity index (χ3v) is 4.04. The molecule has 4 nitrogen and oxygen atoms in total. The van der Waals surface area contributed by atoms with E-state index in [-0.39, 0.29) is 12.3 Å². The lowest BCUT2D eigenvalue weighted by atomic mass is 10.0. The summed E-state index contributed by atoms with van der Waals surface area (Å²) in [4.78, 5) is 11.7. The molecule has 0 amide bonds. The lowest BCUT2D eigenvalue weighted by molar-refractivity contribution is -0.169. The Hall–Kier alpha value is -1.39. The minimum Gasteiger partial charge on any atom is -0.466 e. The smallest absolute Gasteiger partial charge is 0.306 e. The van der Waals surface area contributed by atoms with Crippen molar-refractivity contribution >= 4 is 5.97 Å². The van der Waals surface area contributed by atoms with E-state index in [2.05, 4.69) is 19.1 Å². The Morgan fingerprint density at radius 3 is 2.83 bits per heavy atom. The molecule has 1 aliphatic rings. The Bertz CT molecular complexity index is 466. The molecule has 128 valence electrons. The predicted molar refractivity (Wildman–Crippen MR) is 89.0 cm³/mol. The van der Waals surface area contributed by atoms with Gasteiger partial charge in [-0.25, -0.2) is 0 Å². The van der Waals surface area contributed by atoms with Gasteiger partial charge in [0.2, 0.25) is 0 Å². The highest BCUT2D eigenvalue weighted by molar-refractivity contribution is 5.69. The van der Waals surface area contributed by atoms with E-state index in [1.807, 2.05) is 12.1 Å². The van der Waals surface area contributed by atoms with Crippen LogP contribution < -0.4 is 0 Å². The Morgan fingerprint density at radius 2 is 2.09 bits per heavy atom. The van der Waals surface area contributed by atoms with E-state index in [9.17, 15) is 4.79 Å². The molecule has 1 unspecified atom stereocenters. The molecule has 1 heterocycles. The molecule has 1 atom stereocenters. The first-order valence-electron chi connectivity index (χ1n) is 8.75. The van der Waals surface area contributed by atoms with Crippen LogP contribution >= 0.6 is 0 Å². The van der Waals surface area contributed by atoms with Crippen molar-refractivity contribution in [3.05, 3.63) is 35.4 Å². The number of aryl methyl sites for hydroxylation is 1. The molecule has 0 spiro atoms. The standard InChI is InChI=1S/C19H28O4/c1-2-3-13-21-18(20)12-11-16-8-4-5-9-17(16)15-23-19-10-6-7-14-22-19/h4-5,8-9,19H,2-3,6-7,10-15H2,1H3. The average molecular weight is 320 g/mol.